The molecule has 0 nitrogen and oxygen atoms in total. The highest BCUT2D eigenvalue weighted by atomic mass is 32.2. The van der Waals surface area contributed by atoms with E-state index in [0.29, 0.717) is 0 Å². The van der Waals surface area contributed by atoms with Crippen LogP contribution < -0.4 is 5.19 Å². The normalized spacial score (nSPS) is 11.5. The maximum Gasteiger partial charge on any atom is 0.0775 e. The van der Waals surface area contributed by atoms with Crippen molar-refractivity contribution < 1.29 is 0 Å². The summed E-state index contributed by atoms with van der Waals surface area (Å²) in [7, 11) is -1.16. The summed E-state index contributed by atoms with van der Waals surface area (Å²) in [6.07, 6.45) is 0. The minimum absolute atomic E-state index is 1.16. The lowest BCUT2D eigenvalue weighted by atomic mass is 10.4. The second-order valence-corrected chi connectivity index (χ2v) is 11.4. The van der Waals surface area contributed by atoms with Crippen LogP contribution >= 0.6 is 11.8 Å². The first kappa shape index (κ1) is 12.5. The van der Waals surface area contributed by atoms with Crippen molar-refractivity contribution in [2.24, 2.45) is 0 Å². The van der Waals surface area contributed by atoms with E-state index in [4.69, 9.17) is 0 Å². The lowest BCUT2D eigenvalue weighted by Crippen LogP contribution is -2.37. The fourth-order valence-electron chi connectivity index (χ4n) is 1.65. The summed E-state index contributed by atoms with van der Waals surface area (Å²) in [4.78, 5) is 2.62. The Morgan fingerprint density at radius 2 is 1.24 bits per heavy atom. The van der Waals surface area contributed by atoms with Gasteiger partial charge in [0.2, 0.25) is 0 Å². The highest BCUT2D eigenvalue weighted by Crippen LogP contribution is 2.26. The Labute approximate surface area is 109 Å². The van der Waals surface area contributed by atoms with E-state index in [1.807, 2.05) is 11.8 Å². The molecule has 2 aromatic rings. The summed E-state index contributed by atoms with van der Waals surface area (Å²) in [5, 5.41) is 1.52. The van der Waals surface area contributed by atoms with Crippen molar-refractivity contribution in [1.29, 1.82) is 0 Å². The summed E-state index contributed by atoms with van der Waals surface area (Å²) in [6, 6.07) is 19.6. The topological polar surface area (TPSA) is 0 Å². The molecule has 0 aliphatic rings. The van der Waals surface area contributed by atoms with Crippen LogP contribution in [0.25, 0.3) is 0 Å². The summed E-state index contributed by atoms with van der Waals surface area (Å²) in [6.45, 7) is 7.14. The first-order valence-corrected chi connectivity index (χ1v) is 10.2. The molecule has 0 saturated carbocycles. The van der Waals surface area contributed by atoms with Crippen molar-refractivity contribution in [2.45, 2.75) is 29.4 Å². The van der Waals surface area contributed by atoms with Gasteiger partial charge in [0.25, 0.3) is 0 Å². The third-order valence-electron chi connectivity index (χ3n) is 2.70. The number of rotatable bonds is 3. The van der Waals surface area contributed by atoms with Gasteiger partial charge >= 0.3 is 0 Å². The van der Waals surface area contributed by atoms with E-state index in [9.17, 15) is 0 Å². The van der Waals surface area contributed by atoms with Gasteiger partial charge in [0.15, 0.2) is 0 Å². The maximum absolute atomic E-state index is 2.38. The Hall–Kier alpha value is -0.993. The Kier molecular flexibility index (Phi) is 3.75. The SMILES string of the molecule is C[Si](C)(C)c1ccc(Sc2ccccc2)cc1. The smallest absolute Gasteiger partial charge is 0.0775 e. The Bertz CT molecular complexity index is 469. The molecule has 0 aliphatic carbocycles. The van der Waals surface area contributed by atoms with Crippen LogP contribution in [0.15, 0.2) is 64.4 Å². The quantitative estimate of drug-likeness (QED) is 0.736. The van der Waals surface area contributed by atoms with Gasteiger partial charge in [-0.25, -0.2) is 0 Å². The molecule has 0 atom stereocenters. The van der Waals surface area contributed by atoms with Crippen molar-refractivity contribution in [1.82, 2.24) is 0 Å². The second kappa shape index (κ2) is 5.11. The average molecular weight is 258 g/mol. The van der Waals surface area contributed by atoms with Crippen molar-refractivity contribution in [3.05, 3.63) is 54.6 Å². The monoisotopic (exact) mass is 258 g/mol. The lowest BCUT2D eigenvalue weighted by Gasteiger charge is -2.16. The molecule has 0 bridgehead atoms. The molecule has 0 fully saturated rings. The Morgan fingerprint density at radius 3 is 1.76 bits per heavy atom. The fourth-order valence-corrected chi connectivity index (χ4v) is 3.65. The third kappa shape index (κ3) is 3.48. The molecule has 0 radical (unpaired) electrons. The van der Waals surface area contributed by atoms with Gasteiger partial charge in [-0.05, 0) is 24.3 Å². The van der Waals surface area contributed by atoms with E-state index >= 15 is 0 Å². The zero-order chi connectivity index (χ0) is 12.3. The molecule has 0 aliphatic heterocycles. The molecule has 0 N–H and O–H groups in total. The summed E-state index contributed by atoms with van der Waals surface area (Å²) >= 11 is 1.82. The number of hydrogen-bond donors (Lipinski definition) is 0. The minimum atomic E-state index is -1.16. The van der Waals surface area contributed by atoms with Crippen LogP contribution in [0.3, 0.4) is 0 Å². The number of benzene rings is 2. The molecular weight excluding hydrogens is 240 g/mol. The molecule has 2 rings (SSSR count). The fraction of sp³-hybridized carbons (Fsp3) is 0.200. The molecule has 0 aromatic heterocycles. The molecular formula is C15H18SSi. The van der Waals surface area contributed by atoms with Crippen molar-refractivity contribution in [3.8, 4) is 0 Å². The average Bonchev–Trinajstić information content (AvgIpc) is 2.30. The first-order valence-electron chi connectivity index (χ1n) is 5.89. The highest BCUT2D eigenvalue weighted by Gasteiger charge is 2.15. The van der Waals surface area contributed by atoms with Crippen molar-refractivity contribution >= 4 is 25.0 Å². The van der Waals surface area contributed by atoms with Crippen LogP contribution in [0.2, 0.25) is 19.6 Å². The van der Waals surface area contributed by atoms with Gasteiger partial charge < -0.3 is 0 Å². The van der Waals surface area contributed by atoms with E-state index in [0.717, 1.165) is 0 Å². The van der Waals surface area contributed by atoms with Gasteiger partial charge in [0, 0.05) is 9.79 Å². The standard InChI is InChI=1S/C15H18SSi/c1-17(2,3)15-11-9-14(10-12-15)16-13-7-5-4-6-8-13/h4-12H,1-3H3. The van der Waals surface area contributed by atoms with Crippen LogP contribution in [-0.2, 0) is 0 Å². The van der Waals surface area contributed by atoms with Gasteiger partial charge in [0.05, 0.1) is 8.07 Å². The molecule has 2 heteroatoms. The molecule has 0 heterocycles. The van der Waals surface area contributed by atoms with Crippen LogP contribution in [0.4, 0.5) is 0 Å². The summed E-state index contributed by atoms with van der Waals surface area (Å²) in [5.41, 5.74) is 0. The lowest BCUT2D eigenvalue weighted by molar-refractivity contribution is 1.41. The van der Waals surface area contributed by atoms with E-state index in [2.05, 4.69) is 74.2 Å². The predicted octanol–water partition coefficient (Wildman–Crippen LogP) is 4.38. The molecule has 0 unspecified atom stereocenters. The van der Waals surface area contributed by atoms with Crippen LogP contribution in [-0.4, -0.2) is 8.07 Å². The largest absolute Gasteiger partial charge is 0.0901 e. The zero-order valence-corrected chi connectivity index (χ0v) is 12.4. The van der Waals surface area contributed by atoms with Gasteiger partial charge in [-0.15, -0.1) is 0 Å². The Balaban J connectivity index is 2.14. The molecule has 2 aromatic carbocycles. The second-order valence-electron chi connectivity index (χ2n) is 5.19. The minimum Gasteiger partial charge on any atom is -0.0901 e. The zero-order valence-electron chi connectivity index (χ0n) is 10.6. The molecule has 17 heavy (non-hydrogen) atoms. The predicted molar refractivity (Wildman–Crippen MR) is 80.0 cm³/mol. The summed E-state index contributed by atoms with van der Waals surface area (Å²) < 4.78 is 0. The van der Waals surface area contributed by atoms with E-state index in [1.54, 1.807) is 0 Å². The van der Waals surface area contributed by atoms with Crippen LogP contribution in [0.1, 0.15) is 0 Å². The molecule has 0 spiro atoms. The van der Waals surface area contributed by atoms with Gasteiger partial charge in [-0.1, -0.05) is 66.9 Å². The van der Waals surface area contributed by atoms with Crippen molar-refractivity contribution in [3.63, 3.8) is 0 Å². The van der Waals surface area contributed by atoms with Crippen LogP contribution in [0, 0.1) is 0 Å². The third-order valence-corrected chi connectivity index (χ3v) is 5.78. The van der Waals surface area contributed by atoms with Gasteiger partial charge in [-0.2, -0.15) is 0 Å². The van der Waals surface area contributed by atoms with Crippen LogP contribution in [0.5, 0.6) is 0 Å². The Morgan fingerprint density at radius 1 is 0.706 bits per heavy atom. The number of hydrogen-bond acceptors (Lipinski definition) is 1. The first-order chi connectivity index (χ1) is 8.05. The van der Waals surface area contributed by atoms with E-state index < -0.39 is 8.07 Å². The van der Waals surface area contributed by atoms with E-state index in [-0.39, 0.29) is 0 Å². The van der Waals surface area contributed by atoms with Gasteiger partial charge in [-0.3, -0.25) is 0 Å². The molecule has 0 amide bonds. The van der Waals surface area contributed by atoms with Gasteiger partial charge in [0.1, 0.15) is 0 Å². The molecule has 0 saturated heterocycles. The highest BCUT2D eigenvalue weighted by molar-refractivity contribution is 7.99. The molecule has 88 valence electrons. The van der Waals surface area contributed by atoms with E-state index in [1.165, 1.54) is 15.0 Å². The summed E-state index contributed by atoms with van der Waals surface area (Å²) in [5.74, 6) is 0. The van der Waals surface area contributed by atoms with Crippen molar-refractivity contribution in [2.75, 3.05) is 0 Å². The maximum atomic E-state index is 2.38.